The Morgan fingerprint density at radius 1 is 0.537 bits per heavy atom. The summed E-state index contributed by atoms with van der Waals surface area (Å²) in [6.45, 7) is 4.55. The van der Waals surface area contributed by atoms with E-state index in [1.54, 1.807) is 0 Å². The maximum Gasteiger partial charge on any atom is 0.102 e. The van der Waals surface area contributed by atoms with Gasteiger partial charge in [-0.1, -0.05) is 103 Å². The van der Waals surface area contributed by atoms with Gasteiger partial charge in [0.1, 0.15) is 8.80 Å². The standard InChI is InChI=1S/C36H31N3Si2/c1-40-32-19-21-35(37-25-32)27-11-9-15-30(23-27)39(29-13-5-3-6-14-29)31-16-10-12-28(24-31)36-22-20-34(26-38-36)41(2)33-17-7-4-8-18-33/h3-26,41H,1-2H3. The van der Waals surface area contributed by atoms with Gasteiger partial charge in [0, 0.05) is 40.6 Å². The van der Waals surface area contributed by atoms with Crippen LogP contribution < -0.4 is 20.5 Å². The average Bonchev–Trinajstić information content (AvgIpc) is 3.06. The third-order valence-corrected chi connectivity index (χ3v) is 11.1. The third kappa shape index (κ3) is 5.97. The normalized spacial score (nSPS) is 11.7. The number of aromatic nitrogens is 2. The van der Waals surface area contributed by atoms with E-state index in [9.17, 15) is 0 Å². The zero-order chi connectivity index (χ0) is 28.0. The Bertz CT molecular complexity index is 1720. The highest BCUT2D eigenvalue weighted by atomic mass is 28.3. The van der Waals surface area contributed by atoms with Gasteiger partial charge in [0.25, 0.3) is 0 Å². The van der Waals surface area contributed by atoms with Crippen LogP contribution in [0.2, 0.25) is 13.1 Å². The van der Waals surface area contributed by atoms with Crippen molar-refractivity contribution in [1.29, 1.82) is 0 Å². The van der Waals surface area contributed by atoms with Crippen LogP contribution >= 0.6 is 0 Å². The zero-order valence-electron chi connectivity index (χ0n) is 23.3. The minimum Gasteiger partial charge on any atom is -0.310 e. The summed E-state index contributed by atoms with van der Waals surface area (Å²) >= 11 is 0. The van der Waals surface area contributed by atoms with E-state index < -0.39 is 8.80 Å². The van der Waals surface area contributed by atoms with Crippen LogP contribution in [0.1, 0.15) is 0 Å². The number of para-hydroxylation sites is 1. The van der Waals surface area contributed by atoms with Gasteiger partial charge in [0.15, 0.2) is 0 Å². The number of hydrogen-bond donors (Lipinski definition) is 0. The van der Waals surface area contributed by atoms with Crippen LogP contribution in [0, 0.1) is 0 Å². The van der Waals surface area contributed by atoms with Crippen molar-refractivity contribution in [2.24, 2.45) is 0 Å². The molecule has 0 saturated heterocycles. The van der Waals surface area contributed by atoms with Crippen molar-refractivity contribution in [3.05, 3.63) is 146 Å². The van der Waals surface area contributed by atoms with Crippen LogP contribution in [-0.2, 0) is 0 Å². The molecule has 0 fully saturated rings. The van der Waals surface area contributed by atoms with Crippen molar-refractivity contribution < 1.29 is 0 Å². The Hall–Kier alpha value is -4.59. The molecule has 0 N–H and O–H groups in total. The highest BCUT2D eigenvalue weighted by molar-refractivity contribution is 6.84. The molecule has 6 rings (SSSR count). The summed E-state index contributed by atoms with van der Waals surface area (Å²) in [5, 5.41) is 4.05. The number of rotatable bonds is 8. The van der Waals surface area contributed by atoms with Crippen LogP contribution in [0.3, 0.4) is 0 Å². The van der Waals surface area contributed by atoms with E-state index in [4.69, 9.17) is 9.97 Å². The molecule has 2 heterocycles. The number of anilines is 3. The van der Waals surface area contributed by atoms with E-state index in [1.807, 2.05) is 6.20 Å². The summed E-state index contributed by atoms with van der Waals surface area (Å²) in [4.78, 5) is 12.0. The Morgan fingerprint density at radius 2 is 1.10 bits per heavy atom. The lowest BCUT2D eigenvalue weighted by molar-refractivity contribution is 1.27. The predicted molar refractivity (Wildman–Crippen MR) is 178 cm³/mol. The molecule has 41 heavy (non-hydrogen) atoms. The van der Waals surface area contributed by atoms with Gasteiger partial charge in [-0.15, -0.1) is 0 Å². The first-order chi connectivity index (χ1) is 20.2. The first kappa shape index (κ1) is 26.6. The lowest BCUT2D eigenvalue weighted by Gasteiger charge is -2.26. The van der Waals surface area contributed by atoms with Gasteiger partial charge in [-0.05, 0) is 58.9 Å². The van der Waals surface area contributed by atoms with Crippen LogP contribution in [-0.4, -0.2) is 28.3 Å². The summed E-state index contributed by atoms with van der Waals surface area (Å²) in [5.41, 5.74) is 7.42. The van der Waals surface area contributed by atoms with Crippen LogP contribution in [0.25, 0.3) is 22.5 Å². The van der Waals surface area contributed by atoms with Gasteiger partial charge in [0.05, 0.1) is 20.9 Å². The van der Waals surface area contributed by atoms with E-state index in [0.717, 1.165) is 49.1 Å². The van der Waals surface area contributed by atoms with Crippen molar-refractivity contribution in [2.75, 3.05) is 4.90 Å². The molecule has 0 aliphatic heterocycles. The van der Waals surface area contributed by atoms with E-state index >= 15 is 0 Å². The smallest absolute Gasteiger partial charge is 0.102 e. The van der Waals surface area contributed by atoms with Crippen LogP contribution in [0.15, 0.2) is 146 Å². The fraction of sp³-hybridized carbons (Fsp3) is 0.0556. The fourth-order valence-corrected chi connectivity index (χ4v) is 7.42. The Labute approximate surface area is 246 Å². The van der Waals surface area contributed by atoms with Gasteiger partial charge in [-0.3, -0.25) is 9.97 Å². The Balaban J connectivity index is 1.35. The summed E-state index contributed by atoms with van der Waals surface area (Å²) in [6, 6.07) is 47.3. The van der Waals surface area contributed by atoms with Crippen molar-refractivity contribution in [3.8, 4) is 22.5 Å². The van der Waals surface area contributed by atoms with Gasteiger partial charge in [-0.25, -0.2) is 0 Å². The Kier molecular flexibility index (Phi) is 7.98. The summed E-state index contributed by atoms with van der Waals surface area (Å²) in [6.07, 6.45) is 4.06. The molecule has 198 valence electrons. The molecular weight excluding hydrogens is 531 g/mol. The molecule has 0 aliphatic carbocycles. The van der Waals surface area contributed by atoms with Crippen LogP contribution in [0.4, 0.5) is 17.1 Å². The molecule has 0 bridgehead atoms. The average molecular weight is 562 g/mol. The number of nitrogens with zero attached hydrogens (tertiary/aromatic N) is 3. The first-order valence-corrected chi connectivity index (χ1v) is 17.7. The summed E-state index contributed by atoms with van der Waals surface area (Å²) < 4.78 is 0. The highest BCUT2D eigenvalue weighted by Crippen LogP contribution is 2.37. The van der Waals surface area contributed by atoms with Crippen molar-refractivity contribution in [1.82, 2.24) is 9.97 Å². The predicted octanol–water partition coefficient (Wildman–Crippen LogP) is 6.63. The molecule has 0 aliphatic rings. The molecule has 0 amide bonds. The van der Waals surface area contributed by atoms with E-state index in [2.05, 4.69) is 158 Å². The second-order valence-electron chi connectivity index (χ2n) is 10.1. The summed E-state index contributed by atoms with van der Waals surface area (Å²) in [7, 11) is -0.509. The molecule has 2 radical (unpaired) electrons. The monoisotopic (exact) mass is 561 g/mol. The highest BCUT2D eigenvalue weighted by Gasteiger charge is 2.15. The van der Waals surface area contributed by atoms with Crippen LogP contribution in [0.5, 0.6) is 0 Å². The number of hydrogen-bond acceptors (Lipinski definition) is 3. The molecule has 0 spiro atoms. The molecule has 2 aromatic heterocycles. The van der Waals surface area contributed by atoms with Gasteiger partial charge < -0.3 is 4.90 Å². The molecular formula is C36H31N3Si2. The van der Waals surface area contributed by atoms with Crippen molar-refractivity contribution >= 4 is 50.9 Å². The summed E-state index contributed by atoms with van der Waals surface area (Å²) in [5.74, 6) is 0. The second-order valence-corrected chi connectivity index (χ2v) is 13.9. The van der Waals surface area contributed by atoms with Crippen molar-refractivity contribution in [2.45, 2.75) is 13.1 Å². The van der Waals surface area contributed by atoms with Gasteiger partial charge in [-0.2, -0.15) is 0 Å². The molecule has 1 unspecified atom stereocenters. The van der Waals surface area contributed by atoms with E-state index in [-0.39, 0.29) is 0 Å². The minimum absolute atomic E-state index is 0.744. The third-order valence-electron chi connectivity index (χ3n) is 7.45. The maximum absolute atomic E-state index is 4.92. The molecule has 3 nitrogen and oxygen atoms in total. The SMILES string of the molecule is C[Si]c1ccc(-c2cccc(N(c3ccccc3)c3cccc(-c4ccc([SiH](C)c5ccccc5)cn4)c3)c2)nc1. The molecule has 4 aromatic carbocycles. The van der Waals surface area contributed by atoms with Gasteiger partial charge in [0.2, 0.25) is 0 Å². The molecule has 6 aromatic rings. The maximum atomic E-state index is 4.92. The van der Waals surface area contributed by atoms with E-state index in [0.29, 0.717) is 0 Å². The Morgan fingerprint density at radius 3 is 1.63 bits per heavy atom. The van der Waals surface area contributed by atoms with E-state index in [1.165, 1.54) is 15.6 Å². The lowest BCUT2D eigenvalue weighted by Crippen LogP contribution is -2.39. The minimum atomic E-state index is -1.25. The number of benzene rings is 4. The topological polar surface area (TPSA) is 29.0 Å². The lowest BCUT2D eigenvalue weighted by atomic mass is 10.1. The van der Waals surface area contributed by atoms with Gasteiger partial charge >= 0.3 is 0 Å². The molecule has 0 saturated carbocycles. The second kappa shape index (κ2) is 12.3. The fourth-order valence-electron chi connectivity index (χ4n) is 5.11. The van der Waals surface area contributed by atoms with Crippen molar-refractivity contribution in [3.63, 3.8) is 0 Å². The molecule has 5 heteroatoms. The molecule has 1 atom stereocenters. The number of pyridine rings is 2. The largest absolute Gasteiger partial charge is 0.310 e. The zero-order valence-corrected chi connectivity index (χ0v) is 25.4. The quantitative estimate of drug-likeness (QED) is 0.195. The first-order valence-electron chi connectivity index (χ1n) is 13.9.